The van der Waals surface area contributed by atoms with E-state index in [1.165, 1.54) is 44.1 Å². The summed E-state index contributed by atoms with van der Waals surface area (Å²) in [6.45, 7) is 1.23. The maximum absolute atomic E-state index is 12.4. The van der Waals surface area contributed by atoms with Gasteiger partial charge in [-0.15, -0.1) is 0 Å². The van der Waals surface area contributed by atoms with Crippen molar-refractivity contribution in [3.8, 4) is 5.75 Å². The summed E-state index contributed by atoms with van der Waals surface area (Å²) in [5.74, 6) is 4.15. The van der Waals surface area contributed by atoms with Gasteiger partial charge in [0.05, 0.1) is 11.5 Å². The molecule has 1 saturated heterocycles. The van der Waals surface area contributed by atoms with Crippen LogP contribution in [0.5, 0.6) is 5.75 Å². The molecule has 1 amide bonds. The number of rotatable bonds is 6. The molecular weight excluding hydrogens is 460 g/mol. The Kier molecular flexibility index (Phi) is 5.98. The van der Waals surface area contributed by atoms with Gasteiger partial charge in [0.1, 0.15) is 5.75 Å². The predicted molar refractivity (Wildman–Crippen MR) is 142 cm³/mol. The van der Waals surface area contributed by atoms with Crippen molar-refractivity contribution < 1.29 is 18.6 Å². The van der Waals surface area contributed by atoms with Gasteiger partial charge in [-0.1, -0.05) is 12.1 Å². The second kappa shape index (κ2) is 9.02. The molecule has 0 atom stereocenters. The number of amides is 1. The summed E-state index contributed by atoms with van der Waals surface area (Å²) in [7, 11) is -2.40. The highest BCUT2D eigenvalue weighted by Gasteiger charge is 2.51. The molecule has 188 valence electrons. The molecule has 2 aromatic rings. The minimum absolute atomic E-state index is 0.0253. The Bertz CT molecular complexity index is 1020. The van der Waals surface area contributed by atoms with Crippen LogP contribution < -0.4 is 15.0 Å². The summed E-state index contributed by atoms with van der Waals surface area (Å²) in [6, 6.07) is 16.2. The molecule has 5 aliphatic rings. The highest BCUT2D eigenvalue weighted by Crippen LogP contribution is 2.60. The quantitative estimate of drug-likeness (QED) is 0.475. The second-order valence-electron chi connectivity index (χ2n) is 11.3. The Hall–Kier alpha value is -2.22. The third kappa shape index (κ3) is 4.91. The van der Waals surface area contributed by atoms with Gasteiger partial charge in [0.25, 0.3) is 5.91 Å². The van der Waals surface area contributed by atoms with Gasteiger partial charge >= 0.3 is 0 Å². The molecule has 35 heavy (non-hydrogen) atoms. The number of carbonyl (C=O) groups excluding carboxylic acids is 1. The lowest BCUT2D eigenvalue weighted by atomic mass is 9.48. The lowest BCUT2D eigenvalue weighted by Crippen LogP contribution is -2.48. The maximum atomic E-state index is 12.4. The lowest BCUT2D eigenvalue weighted by Gasteiger charge is -2.57. The average molecular weight is 497 g/mol. The van der Waals surface area contributed by atoms with Crippen LogP contribution in [-0.2, 0) is 10.2 Å². The number of carbonyl (C=O) groups is 1. The molecular formula is C28H36N2O4S. The van der Waals surface area contributed by atoms with Crippen LogP contribution in [-0.4, -0.2) is 46.2 Å². The normalized spacial score (nSPS) is 31.7. The highest BCUT2D eigenvalue weighted by molar-refractivity contribution is 8.24. The van der Waals surface area contributed by atoms with Gasteiger partial charge in [0, 0.05) is 24.5 Å². The maximum Gasteiger partial charge on any atom is 0.262 e. The van der Waals surface area contributed by atoms with Crippen LogP contribution in [0.4, 0.5) is 11.4 Å². The number of anilines is 2. The van der Waals surface area contributed by atoms with Gasteiger partial charge in [0.15, 0.2) is 6.61 Å². The van der Waals surface area contributed by atoms with Gasteiger partial charge in [-0.3, -0.25) is 13.9 Å². The zero-order valence-electron chi connectivity index (χ0n) is 20.2. The number of benzene rings is 2. The smallest absolute Gasteiger partial charge is 0.262 e. The van der Waals surface area contributed by atoms with E-state index < -0.39 is 10.6 Å². The number of nitrogens with zero attached hydrogens (tertiary/aromatic N) is 1. The summed E-state index contributed by atoms with van der Waals surface area (Å²) < 4.78 is 25.4. The van der Waals surface area contributed by atoms with E-state index in [0.29, 0.717) is 30.0 Å². The third-order valence-electron chi connectivity index (χ3n) is 8.77. The van der Waals surface area contributed by atoms with E-state index in [-0.39, 0.29) is 12.5 Å². The minimum Gasteiger partial charge on any atom is -0.484 e. The molecule has 2 aromatic carbocycles. The summed E-state index contributed by atoms with van der Waals surface area (Å²) in [5, 5.41) is 2.90. The van der Waals surface area contributed by atoms with Crippen LogP contribution in [0.2, 0.25) is 0 Å². The first-order valence-electron chi connectivity index (χ1n) is 13.0. The Morgan fingerprint density at radius 1 is 0.914 bits per heavy atom. The minimum atomic E-state index is -2.40. The molecule has 7 rings (SSSR count). The first-order chi connectivity index (χ1) is 16.9. The van der Waals surface area contributed by atoms with Crippen molar-refractivity contribution in [1.29, 1.82) is 0 Å². The molecule has 0 aromatic heterocycles. The highest BCUT2D eigenvalue weighted by atomic mass is 32.3. The van der Waals surface area contributed by atoms with Crippen molar-refractivity contribution in [2.45, 2.75) is 43.9 Å². The Morgan fingerprint density at radius 2 is 1.49 bits per heavy atom. The zero-order valence-corrected chi connectivity index (χ0v) is 21.0. The van der Waals surface area contributed by atoms with Gasteiger partial charge < -0.3 is 15.0 Å². The molecule has 0 spiro atoms. The number of nitrogens with one attached hydrogen (secondary N) is 1. The van der Waals surface area contributed by atoms with E-state index in [9.17, 15) is 13.9 Å². The second-order valence-corrected chi connectivity index (χ2v) is 13.7. The SMILES string of the molecule is O=C(COc1ccc(C23CC4CC(CC(C4)C2)C3)cc1)Nc1ccc(N2CCS(O)(O)CC2)cc1. The van der Waals surface area contributed by atoms with E-state index in [2.05, 4.69) is 22.3 Å². The fraction of sp³-hybridized carbons (Fsp3) is 0.536. The van der Waals surface area contributed by atoms with Crippen LogP contribution in [0.1, 0.15) is 44.1 Å². The first-order valence-corrected chi connectivity index (χ1v) is 14.9. The molecule has 4 bridgehead atoms. The molecule has 7 heteroatoms. The molecule has 0 radical (unpaired) electrons. The lowest BCUT2D eigenvalue weighted by molar-refractivity contribution is -0.118. The van der Waals surface area contributed by atoms with Gasteiger partial charge in [-0.2, -0.15) is 10.6 Å². The molecule has 6 nitrogen and oxygen atoms in total. The largest absolute Gasteiger partial charge is 0.484 e. The van der Waals surface area contributed by atoms with Crippen molar-refractivity contribution in [3.05, 3.63) is 54.1 Å². The van der Waals surface area contributed by atoms with Crippen molar-refractivity contribution in [2.75, 3.05) is 41.4 Å². The summed E-state index contributed by atoms with van der Waals surface area (Å²) in [4.78, 5) is 14.6. The van der Waals surface area contributed by atoms with Crippen LogP contribution in [0, 0.1) is 17.8 Å². The van der Waals surface area contributed by atoms with Crippen molar-refractivity contribution in [1.82, 2.24) is 0 Å². The standard InChI is InChI=1S/C28H36N2O4S/c31-27(29-24-3-5-25(6-4-24)30-9-11-35(32,33)12-10-30)19-34-26-7-1-23(2-8-26)28-16-20-13-21(17-28)15-22(14-20)18-28/h1-8,20-22,32-33H,9-19H2,(H,29,31). The molecule has 1 heterocycles. The first kappa shape index (κ1) is 23.2. The predicted octanol–water partition coefficient (Wildman–Crippen LogP) is 5.74. The molecule has 4 saturated carbocycles. The van der Waals surface area contributed by atoms with Crippen LogP contribution in [0.3, 0.4) is 0 Å². The van der Waals surface area contributed by atoms with E-state index in [1.807, 2.05) is 36.4 Å². The van der Waals surface area contributed by atoms with Crippen LogP contribution in [0.15, 0.2) is 48.5 Å². The van der Waals surface area contributed by atoms with Gasteiger partial charge in [0.2, 0.25) is 0 Å². The molecule has 0 unspecified atom stereocenters. The molecule has 4 aliphatic carbocycles. The van der Waals surface area contributed by atoms with E-state index in [0.717, 1.165) is 34.9 Å². The summed E-state index contributed by atoms with van der Waals surface area (Å²) >= 11 is 0. The molecule has 5 fully saturated rings. The fourth-order valence-electron chi connectivity index (χ4n) is 7.46. The van der Waals surface area contributed by atoms with Crippen LogP contribution >= 0.6 is 10.6 Å². The monoisotopic (exact) mass is 496 g/mol. The van der Waals surface area contributed by atoms with E-state index in [1.54, 1.807) is 0 Å². The molecule has 3 N–H and O–H groups in total. The average Bonchev–Trinajstić information content (AvgIpc) is 2.83. The van der Waals surface area contributed by atoms with Gasteiger partial charge in [-0.25, -0.2) is 0 Å². The Morgan fingerprint density at radius 3 is 2.06 bits per heavy atom. The topological polar surface area (TPSA) is 82.0 Å². The summed E-state index contributed by atoms with van der Waals surface area (Å²) in [6.07, 6.45) is 8.40. The van der Waals surface area contributed by atoms with Crippen molar-refractivity contribution >= 4 is 27.9 Å². The third-order valence-corrected chi connectivity index (χ3v) is 10.4. The van der Waals surface area contributed by atoms with E-state index >= 15 is 0 Å². The number of hydrogen-bond acceptors (Lipinski definition) is 5. The Balaban J connectivity index is 1.00. The number of ether oxygens (including phenoxy) is 1. The van der Waals surface area contributed by atoms with E-state index in [4.69, 9.17) is 4.74 Å². The Labute approximate surface area is 209 Å². The van der Waals surface area contributed by atoms with Gasteiger partial charge in [-0.05, 0) is 104 Å². The van der Waals surface area contributed by atoms with Crippen molar-refractivity contribution in [2.24, 2.45) is 17.8 Å². The zero-order chi connectivity index (χ0) is 24.0. The fourth-order valence-corrected chi connectivity index (χ4v) is 8.68. The summed E-state index contributed by atoms with van der Waals surface area (Å²) in [5.41, 5.74) is 3.59. The van der Waals surface area contributed by atoms with Crippen LogP contribution in [0.25, 0.3) is 0 Å². The van der Waals surface area contributed by atoms with Crippen molar-refractivity contribution in [3.63, 3.8) is 0 Å². The molecule has 1 aliphatic heterocycles. The number of hydrogen-bond donors (Lipinski definition) is 3.